The van der Waals surface area contributed by atoms with Gasteiger partial charge >= 0.3 is 5.97 Å². The van der Waals surface area contributed by atoms with E-state index in [2.05, 4.69) is 43.5 Å². The van der Waals surface area contributed by atoms with E-state index in [4.69, 9.17) is 4.74 Å². The summed E-state index contributed by atoms with van der Waals surface area (Å²) in [6.07, 6.45) is 73.2. The van der Waals surface area contributed by atoms with Gasteiger partial charge in [-0.15, -0.1) is 0 Å². The van der Waals surface area contributed by atoms with E-state index in [-0.39, 0.29) is 18.5 Å². The van der Waals surface area contributed by atoms with Gasteiger partial charge in [0.2, 0.25) is 5.91 Å². The third-order valence-corrected chi connectivity index (χ3v) is 14.1. The predicted octanol–water partition coefficient (Wildman–Crippen LogP) is 19.2. The van der Waals surface area contributed by atoms with Gasteiger partial charge in [-0.3, -0.25) is 9.59 Å². The lowest BCUT2D eigenvalue weighted by molar-refractivity contribution is -0.143. The largest absolute Gasteiger partial charge is 0.466 e. The van der Waals surface area contributed by atoms with Crippen LogP contribution in [-0.2, 0) is 14.3 Å². The standard InChI is InChI=1S/C63H119NO5/c1-3-5-7-9-11-13-15-17-19-20-21-22-23-24-25-26-27-28-29-31-35-39-43-47-51-55-61(66)60(59-65)64-62(67)56-52-48-44-40-36-32-30-34-38-42-46-50-54-58-69-63(68)57-53-49-45-41-37-33-18-16-14-12-10-8-6-4-2/h16,18,32,36,51,55,60-61,65-66H,3-15,17,19-31,33-35,37-50,52-54,56-59H2,1-2H3,(H,64,67)/b18-16-,36-32-,55-51+. The number of carbonyl (C=O) groups is 2. The summed E-state index contributed by atoms with van der Waals surface area (Å²) >= 11 is 0. The second-order valence-corrected chi connectivity index (χ2v) is 21.0. The minimum Gasteiger partial charge on any atom is -0.466 e. The lowest BCUT2D eigenvalue weighted by Crippen LogP contribution is -2.45. The number of carbonyl (C=O) groups excluding carboxylic acids is 2. The Balaban J connectivity index is 3.52. The molecule has 69 heavy (non-hydrogen) atoms. The second kappa shape index (κ2) is 58.6. The molecular formula is C63H119NO5. The second-order valence-electron chi connectivity index (χ2n) is 21.0. The van der Waals surface area contributed by atoms with E-state index in [1.165, 1.54) is 231 Å². The van der Waals surface area contributed by atoms with Crippen molar-refractivity contribution in [1.82, 2.24) is 5.32 Å². The summed E-state index contributed by atoms with van der Waals surface area (Å²) in [6.45, 7) is 4.86. The lowest BCUT2D eigenvalue weighted by Gasteiger charge is -2.19. The zero-order valence-corrected chi connectivity index (χ0v) is 46.3. The molecule has 0 aromatic heterocycles. The molecule has 0 aromatic rings. The molecule has 0 saturated carbocycles. The Morgan fingerprint density at radius 3 is 1.04 bits per heavy atom. The van der Waals surface area contributed by atoms with Crippen LogP contribution in [0.1, 0.15) is 328 Å². The molecule has 2 unspecified atom stereocenters. The smallest absolute Gasteiger partial charge is 0.305 e. The van der Waals surface area contributed by atoms with E-state index in [0.29, 0.717) is 19.4 Å². The summed E-state index contributed by atoms with van der Waals surface area (Å²) in [5, 5.41) is 23.2. The fourth-order valence-corrected chi connectivity index (χ4v) is 9.39. The highest BCUT2D eigenvalue weighted by atomic mass is 16.5. The number of amides is 1. The molecule has 0 aliphatic heterocycles. The molecule has 6 heteroatoms. The number of aliphatic hydroxyl groups excluding tert-OH is 2. The molecule has 0 aliphatic carbocycles. The Labute approximate surface area is 430 Å². The normalized spacial score (nSPS) is 12.8. The van der Waals surface area contributed by atoms with Crippen LogP contribution in [0.4, 0.5) is 0 Å². The Kier molecular flexibility index (Phi) is 57.0. The molecule has 6 nitrogen and oxygen atoms in total. The first-order valence-corrected chi connectivity index (χ1v) is 30.8. The summed E-state index contributed by atoms with van der Waals surface area (Å²) in [7, 11) is 0. The number of nitrogens with one attached hydrogen (secondary N) is 1. The van der Waals surface area contributed by atoms with Gasteiger partial charge in [0.1, 0.15) is 0 Å². The van der Waals surface area contributed by atoms with Gasteiger partial charge in [-0.1, -0.05) is 269 Å². The number of rotatable bonds is 57. The van der Waals surface area contributed by atoms with E-state index in [1.54, 1.807) is 6.08 Å². The Bertz CT molecular complexity index is 1120. The molecule has 3 N–H and O–H groups in total. The molecule has 0 fully saturated rings. The number of ether oxygens (including phenoxy) is 1. The van der Waals surface area contributed by atoms with Crippen LogP contribution in [0.5, 0.6) is 0 Å². The zero-order valence-electron chi connectivity index (χ0n) is 46.3. The van der Waals surface area contributed by atoms with Crippen LogP contribution in [0.2, 0.25) is 0 Å². The fraction of sp³-hybridized carbons (Fsp3) is 0.873. The van der Waals surface area contributed by atoms with Gasteiger partial charge < -0.3 is 20.3 Å². The van der Waals surface area contributed by atoms with Crippen molar-refractivity contribution in [1.29, 1.82) is 0 Å². The molecule has 1 amide bonds. The summed E-state index contributed by atoms with van der Waals surface area (Å²) < 4.78 is 5.46. The van der Waals surface area contributed by atoms with Crippen LogP contribution in [0.15, 0.2) is 36.5 Å². The number of esters is 1. The van der Waals surface area contributed by atoms with Gasteiger partial charge in [0.15, 0.2) is 0 Å². The maximum Gasteiger partial charge on any atom is 0.305 e. The number of hydrogen-bond donors (Lipinski definition) is 3. The number of hydrogen-bond acceptors (Lipinski definition) is 5. The Hall–Kier alpha value is -1.92. The molecule has 0 rings (SSSR count). The van der Waals surface area contributed by atoms with Crippen LogP contribution in [0, 0.1) is 0 Å². The van der Waals surface area contributed by atoms with Crippen LogP contribution in [0.3, 0.4) is 0 Å². The Morgan fingerprint density at radius 2 is 0.681 bits per heavy atom. The highest BCUT2D eigenvalue weighted by Crippen LogP contribution is 2.17. The lowest BCUT2D eigenvalue weighted by atomic mass is 10.0. The summed E-state index contributed by atoms with van der Waals surface area (Å²) in [5.41, 5.74) is 0. The third-order valence-electron chi connectivity index (χ3n) is 14.1. The average Bonchev–Trinajstić information content (AvgIpc) is 3.35. The monoisotopic (exact) mass is 970 g/mol. The van der Waals surface area contributed by atoms with Crippen molar-refractivity contribution >= 4 is 11.9 Å². The summed E-state index contributed by atoms with van der Waals surface area (Å²) in [6, 6.07) is -0.650. The van der Waals surface area contributed by atoms with Crippen molar-refractivity contribution in [2.45, 2.75) is 341 Å². The van der Waals surface area contributed by atoms with E-state index in [1.807, 2.05) is 6.08 Å². The highest BCUT2D eigenvalue weighted by Gasteiger charge is 2.18. The molecule has 0 saturated heterocycles. The van der Waals surface area contributed by atoms with Gasteiger partial charge in [-0.2, -0.15) is 0 Å². The number of unbranched alkanes of at least 4 members (excludes halogenated alkanes) is 42. The maximum absolute atomic E-state index is 12.5. The molecule has 0 aliphatic rings. The fourth-order valence-electron chi connectivity index (χ4n) is 9.39. The number of aliphatic hydroxyl groups is 2. The SMILES string of the molecule is CCCCCCC/C=C\CCCCCCCC(=O)OCCCCCCCC/C=C\CCCCCC(=O)NC(CO)C(O)/C=C/CCCCCCCCCCCCCCCCCCCCCCCCC. The molecule has 0 aromatic carbocycles. The molecule has 0 spiro atoms. The number of allylic oxidation sites excluding steroid dienone is 5. The van der Waals surface area contributed by atoms with Crippen LogP contribution in [0.25, 0.3) is 0 Å². The van der Waals surface area contributed by atoms with Gasteiger partial charge in [0, 0.05) is 12.8 Å². The minimum atomic E-state index is -0.864. The van der Waals surface area contributed by atoms with Crippen LogP contribution < -0.4 is 5.32 Å². The van der Waals surface area contributed by atoms with Crippen molar-refractivity contribution in [2.75, 3.05) is 13.2 Å². The van der Waals surface area contributed by atoms with Crippen molar-refractivity contribution in [3.8, 4) is 0 Å². The summed E-state index contributed by atoms with van der Waals surface area (Å²) in [5.74, 6) is -0.118. The van der Waals surface area contributed by atoms with Crippen LogP contribution >= 0.6 is 0 Å². The van der Waals surface area contributed by atoms with E-state index in [9.17, 15) is 19.8 Å². The zero-order chi connectivity index (χ0) is 50.0. The maximum atomic E-state index is 12.5. The van der Waals surface area contributed by atoms with Gasteiger partial charge in [-0.25, -0.2) is 0 Å². The average molecular weight is 971 g/mol. The van der Waals surface area contributed by atoms with Gasteiger partial charge in [0.25, 0.3) is 0 Å². The van der Waals surface area contributed by atoms with Crippen molar-refractivity contribution in [3.63, 3.8) is 0 Å². The van der Waals surface area contributed by atoms with Gasteiger partial charge in [-0.05, 0) is 83.5 Å². The topological polar surface area (TPSA) is 95.9 Å². The predicted molar refractivity (Wildman–Crippen MR) is 301 cm³/mol. The summed E-state index contributed by atoms with van der Waals surface area (Å²) in [4.78, 5) is 24.5. The molecule has 2 atom stereocenters. The highest BCUT2D eigenvalue weighted by molar-refractivity contribution is 5.76. The Morgan fingerprint density at radius 1 is 0.391 bits per heavy atom. The minimum absolute atomic E-state index is 0.0221. The molecule has 0 radical (unpaired) electrons. The first-order valence-electron chi connectivity index (χ1n) is 30.8. The molecular weight excluding hydrogens is 851 g/mol. The molecule has 0 bridgehead atoms. The van der Waals surface area contributed by atoms with Crippen LogP contribution in [-0.4, -0.2) is 47.4 Å². The first kappa shape index (κ1) is 67.1. The molecule has 0 heterocycles. The van der Waals surface area contributed by atoms with Crippen molar-refractivity contribution in [2.24, 2.45) is 0 Å². The molecule has 406 valence electrons. The van der Waals surface area contributed by atoms with Gasteiger partial charge in [0.05, 0.1) is 25.4 Å². The third kappa shape index (κ3) is 55.2. The van der Waals surface area contributed by atoms with Crippen molar-refractivity contribution in [3.05, 3.63) is 36.5 Å². The van der Waals surface area contributed by atoms with Crippen molar-refractivity contribution < 1.29 is 24.5 Å². The quantitative estimate of drug-likeness (QED) is 0.0321. The van der Waals surface area contributed by atoms with E-state index >= 15 is 0 Å². The first-order chi connectivity index (χ1) is 34.0. The van der Waals surface area contributed by atoms with E-state index < -0.39 is 12.1 Å². The van der Waals surface area contributed by atoms with E-state index in [0.717, 1.165) is 70.6 Å².